The van der Waals surface area contributed by atoms with E-state index < -0.39 is 18.1 Å². The highest BCUT2D eigenvalue weighted by molar-refractivity contribution is 5.53. The zero-order chi connectivity index (χ0) is 9.02. The first-order chi connectivity index (χ1) is 5.00. The fourth-order valence-electron chi connectivity index (χ4n) is 0.845. The quantitative estimate of drug-likeness (QED) is 0.577. The lowest BCUT2D eigenvalue weighted by molar-refractivity contribution is -0.115. The first-order valence-corrected chi connectivity index (χ1v) is 3.82. The summed E-state index contributed by atoms with van der Waals surface area (Å²) in [5, 5.41) is 18.4. The Morgan fingerprint density at radius 3 is 1.91 bits per heavy atom. The molecule has 0 fully saturated rings. The summed E-state index contributed by atoms with van der Waals surface area (Å²) >= 11 is 0. The van der Waals surface area contributed by atoms with E-state index in [-0.39, 0.29) is 5.92 Å². The SMILES string of the molecule is C[C@H]([C@H](O)[C@@H](C)C=O)[C@@H](C)O. The molecule has 0 aliphatic carbocycles. The molecule has 11 heavy (non-hydrogen) atoms. The van der Waals surface area contributed by atoms with Crippen LogP contribution < -0.4 is 0 Å². The molecule has 0 heterocycles. The van der Waals surface area contributed by atoms with Gasteiger partial charge < -0.3 is 15.0 Å². The third-order valence-corrected chi connectivity index (χ3v) is 2.05. The number of aldehydes is 1. The van der Waals surface area contributed by atoms with Gasteiger partial charge in [-0.15, -0.1) is 0 Å². The Morgan fingerprint density at radius 1 is 1.18 bits per heavy atom. The Hall–Kier alpha value is -0.410. The summed E-state index contributed by atoms with van der Waals surface area (Å²) in [6.07, 6.45) is -0.622. The van der Waals surface area contributed by atoms with Crippen LogP contribution in [0.15, 0.2) is 0 Å². The van der Waals surface area contributed by atoms with Crippen LogP contribution in [-0.2, 0) is 4.79 Å². The molecular weight excluding hydrogens is 144 g/mol. The molecule has 3 nitrogen and oxygen atoms in total. The van der Waals surface area contributed by atoms with Crippen LogP contribution >= 0.6 is 0 Å². The highest BCUT2D eigenvalue weighted by atomic mass is 16.3. The summed E-state index contributed by atoms with van der Waals surface area (Å²) in [5.41, 5.74) is 0. The maximum atomic E-state index is 10.2. The predicted octanol–water partition coefficient (Wildman–Crippen LogP) is 0.199. The lowest BCUT2D eigenvalue weighted by atomic mass is 9.91. The number of carbonyl (C=O) groups excluding carboxylic acids is 1. The summed E-state index contributed by atoms with van der Waals surface area (Å²) in [4.78, 5) is 10.2. The van der Waals surface area contributed by atoms with E-state index >= 15 is 0 Å². The molecule has 0 aliphatic heterocycles. The molecule has 3 heteroatoms. The molecule has 0 rings (SSSR count). The molecule has 0 unspecified atom stereocenters. The van der Waals surface area contributed by atoms with E-state index in [2.05, 4.69) is 0 Å². The van der Waals surface area contributed by atoms with Gasteiger partial charge >= 0.3 is 0 Å². The maximum absolute atomic E-state index is 10.2. The van der Waals surface area contributed by atoms with Gasteiger partial charge in [0.1, 0.15) is 6.29 Å². The molecular formula is C8H16O3. The van der Waals surface area contributed by atoms with Crippen molar-refractivity contribution in [3.8, 4) is 0 Å². The molecule has 0 aromatic heterocycles. The molecule has 0 aliphatic rings. The summed E-state index contributed by atoms with van der Waals surface area (Å²) in [6.45, 7) is 4.96. The average Bonchev–Trinajstić information content (AvgIpc) is 2.00. The maximum Gasteiger partial charge on any atom is 0.125 e. The van der Waals surface area contributed by atoms with Gasteiger partial charge in [-0.3, -0.25) is 0 Å². The van der Waals surface area contributed by atoms with Gasteiger partial charge in [0.25, 0.3) is 0 Å². The van der Waals surface area contributed by atoms with Gasteiger partial charge in [-0.25, -0.2) is 0 Å². The fourth-order valence-corrected chi connectivity index (χ4v) is 0.845. The molecule has 0 spiro atoms. The van der Waals surface area contributed by atoms with Gasteiger partial charge in [0, 0.05) is 11.8 Å². The van der Waals surface area contributed by atoms with Crippen LogP contribution in [0.1, 0.15) is 20.8 Å². The highest BCUT2D eigenvalue weighted by Gasteiger charge is 2.23. The van der Waals surface area contributed by atoms with E-state index in [0.29, 0.717) is 6.29 Å². The molecule has 2 N–H and O–H groups in total. The molecule has 0 radical (unpaired) electrons. The standard InChI is InChI=1S/C8H16O3/c1-5(4-9)8(11)6(2)7(3)10/h4-8,10-11H,1-3H3/t5-,6-,7+,8+/m0/s1. The third-order valence-electron chi connectivity index (χ3n) is 2.05. The predicted molar refractivity (Wildman–Crippen MR) is 42.1 cm³/mol. The first-order valence-electron chi connectivity index (χ1n) is 3.82. The van der Waals surface area contributed by atoms with Crippen molar-refractivity contribution in [3.63, 3.8) is 0 Å². The lowest BCUT2D eigenvalue weighted by Gasteiger charge is -2.23. The van der Waals surface area contributed by atoms with Crippen LogP contribution in [-0.4, -0.2) is 28.7 Å². The minimum atomic E-state index is -0.743. The van der Waals surface area contributed by atoms with Gasteiger partial charge in [0.15, 0.2) is 0 Å². The van der Waals surface area contributed by atoms with Crippen molar-refractivity contribution in [2.45, 2.75) is 33.0 Å². The van der Waals surface area contributed by atoms with Crippen molar-refractivity contribution in [3.05, 3.63) is 0 Å². The Kier molecular flexibility index (Phi) is 4.30. The molecule has 0 saturated heterocycles. The second-order valence-electron chi connectivity index (χ2n) is 3.09. The average molecular weight is 160 g/mol. The number of hydrogen-bond acceptors (Lipinski definition) is 3. The van der Waals surface area contributed by atoms with E-state index in [1.807, 2.05) is 0 Å². The van der Waals surface area contributed by atoms with Crippen LogP contribution in [0.2, 0.25) is 0 Å². The van der Waals surface area contributed by atoms with Crippen LogP contribution in [0.25, 0.3) is 0 Å². The van der Waals surface area contributed by atoms with E-state index in [9.17, 15) is 9.90 Å². The first kappa shape index (κ1) is 10.6. The number of aliphatic hydroxyl groups excluding tert-OH is 2. The van der Waals surface area contributed by atoms with Crippen LogP contribution in [0.3, 0.4) is 0 Å². The normalized spacial score (nSPS) is 21.9. The van der Waals surface area contributed by atoms with Crippen LogP contribution in [0.4, 0.5) is 0 Å². The summed E-state index contributed by atoms with van der Waals surface area (Å²) in [6, 6.07) is 0. The molecule has 0 amide bonds. The Balaban J connectivity index is 4.00. The van der Waals surface area contributed by atoms with Crippen LogP contribution in [0.5, 0.6) is 0 Å². The van der Waals surface area contributed by atoms with Gasteiger partial charge in [-0.05, 0) is 6.92 Å². The molecule has 0 bridgehead atoms. The molecule has 4 atom stereocenters. The molecule has 0 saturated carbocycles. The molecule has 0 aromatic carbocycles. The minimum Gasteiger partial charge on any atom is -0.393 e. The van der Waals surface area contributed by atoms with E-state index in [1.54, 1.807) is 20.8 Å². The number of rotatable bonds is 4. The second-order valence-corrected chi connectivity index (χ2v) is 3.09. The van der Waals surface area contributed by atoms with Crippen LogP contribution in [0, 0.1) is 11.8 Å². The largest absolute Gasteiger partial charge is 0.393 e. The number of aliphatic hydroxyl groups is 2. The van der Waals surface area contributed by atoms with E-state index in [1.165, 1.54) is 0 Å². The van der Waals surface area contributed by atoms with Crippen molar-refractivity contribution in [1.29, 1.82) is 0 Å². The number of hydrogen-bond donors (Lipinski definition) is 2. The molecule has 66 valence electrons. The topological polar surface area (TPSA) is 57.5 Å². The van der Waals surface area contributed by atoms with E-state index in [0.717, 1.165) is 0 Å². The summed E-state index contributed by atoms with van der Waals surface area (Å²) < 4.78 is 0. The second kappa shape index (κ2) is 4.46. The summed E-state index contributed by atoms with van der Waals surface area (Å²) in [5.74, 6) is -0.658. The van der Waals surface area contributed by atoms with Gasteiger partial charge in [0.05, 0.1) is 12.2 Å². The zero-order valence-electron chi connectivity index (χ0n) is 7.19. The minimum absolute atomic E-state index is 0.254. The van der Waals surface area contributed by atoms with Crippen molar-refractivity contribution in [2.75, 3.05) is 0 Å². The van der Waals surface area contributed by atoms with Gasteiger partial charge in [0.2, 0.25) is 0 Å². The Labute approximate surface area is 67.0 Å². The van der Waals surface area contributed by atoms with Crippen molar-refractivity contribution >= 4 is 6.29 Å². The summed E-state index contributed by atoms with van der Waals surface area (Å²) in [7, 11) is 0. The van der Waals surface area contributed by atoms with Crippen molar-refractivity contribution < 1.29 is 15.0 Å². The lowest BCUT2D eigenvalue weighted by Crippen LogP contribution is -2.33. The Morgan fingerprint density at radius 2 is 1.64 bits per heavy atom. The molecule has 0 aromatic rings. The monoisotopic (exact) mass is 160 g/mol. The fraction of sp³-hybridized carbons (Fsp3) is 0.875. The van der Waals surface area contributed by atoms with Crippen molar-refractivity contribution in [1.82, 2.24) is 0 Å². The van der Waals surface area contributed by atoms with Crippen molar-refractivity contribution in [2.24, 2.45) is 11.8 Å². The van der Waals surface area contributed by atoms with Gasteiger partial charge in [-0.2, -0.15) is 0 Å². The third kappa shape index (κ3) is 2.99. The number of carbonyl (C=O) groups is 1. The smallest absolute Gasteiger partial charge is 0.125 e. The van der Waals surface area contributed by atoms with Gasteiger partial charge in [-0.1, -0.05) is 13.8 Å². The highest BCUT2D eigenvalue weighted by Crippen LogP contribution is 2.14. The zero-order valence-corrected chi connectivity index (χ0v) is 7.19. The Bertz CT molecular complexity index is 123. The van der Waals surface area contributed by atoms with E-state index in [4.69, 9.17) is 5.11 Å².